The van der Waals surface area contributed by atoms with Gasteiger partial charge in [-0.05, 0) is 19.1 Å². The monoisotopic (exact) mass is 229 g/mol. The van der Waals surface area contributed by atoms with Gasteiger partial charge in [0.25, 0.3) is 0 Å². The Kier molecular flexibility index (Phi) is 4.22. The summed E-state index contributed by atoms with van der Waals surface area (Å²) in [6, 6.07) is 3.51. The summed E-state index contributed by atoms with van der Waals surface area (Å²) >= 11 is 0. The number of carbonyl (C=O) groups excluding carboxylic acids is 1. The number of methoxy groups -OCH3 is 1. The number of benzene rings is 1. The van der Waals surface area contributed by atoms with Gasteiger partial charge in [0.1, 0.15) is 0 Å². The quantitative estimate of drug-likeness (QED) is 0.805. The summed E-state index contributed by atoms with van der Waals surface area (Å²) in [6.45, 7) is 1.68. The first-order chi connectivity index (χ1) is 7.54. The van der Waals surface area contributed by atoms with Crippen LogP contribution in [0.5, 0.6) is 0 Å². The lowest BCUT2D eigenvalue weighted by atomic mass is 10.2. The second-order valence-electron chi connectivity index (χ2n) is 3.43. The SMILES string of the molecule is COC(=O)CC(C)Nc1cccc(F)c1F. The maximum atomic E-state index is 13.2. The van der Waals surface area contributed by atoms with Gasteiger partial charge < -0.3 is 10.1 Å². The molecular formula is C11H13F2NO2. The van der Waals surface area contributed by atoms with E-state index in [1.165, 1.54) is 19.2 Å². The van der Waals surface area contributed by atoms with E-state index < -0.39 is 17.6 Å². The molecule has 0 aliphatic rings. The zero-order valence-electron chi connectivity index (χ0n) is 9.09. The molecule has 1 unspecified atom stereocenters. The van der Waals surface area contributed by atoms with Crippen molar-refractivity contribution in [2.45, 2.75) is 19.4 Å². The van der Waals surface area contributed by atoms with E-state index in [1.807, 2.05) is 0 Å². The maximum Gasteiger partial charge on any atom is 0.307 e. The molecule has 0 aliphatic carbocycles. The van der Waals surface area contributed by atoms with Crippen molar-refractivity contribution in [1.29, 1.82) is 0 Å². The van der Waals surface area contributed by atoms with Crippen LogP contribution in [0.15, 0.2) is 18.2 Å². The predicted molar refractivity (Wildman–Crippen MR) is 56.1 cm³/mol. The summed E-state index contributed by atoms with van der Waals surface area (Å²) in [5.41, 5.74) is 0.0383. The summed E-state index contributed by atoms with van der Waals surface area (Å²) in [5, 5.41) is 2.70. The number of esters is 1. The molecule has 1 N–H and O–H groups in total. The van der Waals surface area contributed by atoms with Gasteiger partial charge in [-0.1, -0.05) is 6.07 Å². The summed E-state index contributed by atoms with van der Waals surface area (Å²) in [5.74, 6) is -2.27. The zero-order valence-corrected chi connectivity index (χ0v) is 9.09. The van der Waals surface area contributed by atoms with Crippen LogP contribution in [0.4, 0.5) is 14.5 Å². The largest absolute Gasteiger partial charge is 0.469 e. The van der Waals surface area contributed by atoms with Gasteiger partial charge in [-0.15, -0.1) is 0 Å². The number of nitrogens with one attached hydrogen (secondary N) is 1. The van der Waals surface area contributed by atoms with Crippen LogP contribution in [0.3, 0.4) is 0 Å². The van der Waals surface area contributed by atoms with Crippen LogP contribution >= 0.6 is 0 Å². The van der Waals surface area contributed by atoms with Crippen LogP contribution in [0.2, 0.25) is 0 Å². The average molecular weight is 229 g/mol. The van der Waals surface area contributed by atoms with Crippen molar-refractivity contribution in [1.82, 2.24) is 0 Å². The van der Waals surface area contributed by atoms with Gasteiger partial charge in [0, 0.05) is 6.04 Å². The summed E-state index contributed by atoms with van der Waals surface area (Å²) in [4.78, 5) is 10.9. The van der Waals surface area contributed by atoms with Gasteiger partial charge in [0.15, 0.2) is 11.6 Å². The van der Waals surface area contributed by atoms with Crippen LogP contribution in [-0.2, 0) is 9.53 Å². The molecule has 0 saturated heterocycles. The Morgan fingerprint density at radius 1 is 1.50 bits per heavy atom. The molecule has 1 atom stereocenters. The number of ether oxygens (including phenoxy) is 1. The van der Waals surface area contributed by atoms with E-state index in [0.717, 1.165) is 6.07 Å². The van der Waals surface area contributed by atoms with Gasteiger partial charge in [-0.2, -0.15) is 0 Å². The first-order valence-corrected chi connectivity index (χ1v) is 4.82. The highest BCUT2D eigenvalue weighted by Gasteiger charge is 2.12. The number of carbonyl (C=O) groups is 1. The van der Waals surface area contributed by atoms with Crippen LogP contribution in [0.1, 0.15) is 13.3 Å². The van der Waals surface area contributed by atoms with E-state index in [4.69, 9.17) is 0 Å². The summed E-state index contributed by atoms with van der Waals surface area (Å²) in [7, 11) is 1.28. The second kappa shape index (κ2) is 5.44. The third kappa shape index (κ3) is 3.18. The molecule has 3 nitrogen and oxygen atoms in total. The Labute approximate surface area is 92.4 Å². The molecule has 5 heteroatoms. The van der Waals surface area contributed by atoms with E-state index in [-0.39, 0.29) is 18.2 Å². The van der Waals surface area contributed by atoms with Crippen LogP contribution < -0.4 is 5.32 Å². The van der Waals surface area contributed by atoms with Crippen molar-refractivity contribution < 1.29 is 18.3 Å². The normalized spacial score (nSPS) is 12.0. The molecule has 88 valence electrons. The van der Waals surface area contributed by atoms with Gasteiger partial charge in [-0.25, -0.2) is 8.78 Å². The van der Waals surface area contributed by atoms with Crippen LogP contribution in [-0.4, -0.2) is 19.1 Å². The maximum absolute atomic E-state index is 13.2. The third-order valence-corrected chi connectivity index (χ3v) is 2.05. The highest BCUT2D eigenvalue weighted by molar-refractivity contribution is 5.70. The Bertz CT molecular complexity index is 382. The molecule has 0 saturated carbocycles. The minimum Gasteiger partial charge on any atom is -0.469 e. The number of anilines is 1. The third-order valence-electron chi connectivity index (χ3n) is 2.05. The standard InChI is InChI=1S/C11H13F2NO2/c1-7(6-10(15)16-2)14-9-5-3-4-8(12)11(9)13/h3-5,7,14H,6H2,1-2H3. The molecule has 0 aliphatic heterocycles. The van der Waals surface area contributed by atoms with Crippen LogP contribution in [0, 0.1) is 11.6 Å². The second-order valence-corrected chi connectivity index (χ2v) is 3.43. The molecule has 1 aromatic carbocycles. The topological polar surface area (TPSA) is 38.3 Å². The van der Waals surface area contributed by atoms with Gasteiger partial charge in [0.2, 0.25) is 0 Å². The highest BCUT2D eigenvalue weighted by atomic mass is 19.2. The predicted octanol–water partition coefficient (Wildman–Crippen LogP) is 2.33. The molecule has 16 heavy (non-hydrogen) atoms. The van der Waals surface area contributed by atoms with E-state index in [0.29, 0.717) is 0 Å². The molecule has 0 spiro atoms. The van der Waals surface area contributed by atoms with Crippen LogP contribution in [0.25, 0.3) is 0 Å². The number of halogens is 2. The van der Waals surface area contributed by atoms with Crippen molar-refractivity contribution in [3.05, 3.63) is 29.8 Å². The van der Waals surface area contributed by atoms with Gasteiger partial charge in [0.05, 0.1) is 19.2 Å². The fourth-order valence-corrected chi connectivity index (χ4v) is 1.27. The highest BCUT2D eigenvalue weighted by Crippen LogP contribution is 2.18. The Morgan fingerprint density at radius 3 is 2.81 bits per heavy atom. The van der Waals surface area contributed by atoms with Crippen molar-refractivity contribution in [3.8, 4) is 0 Å². The summed E-state index contributed by atoms with van der Waals surface area (Å²) in [6.07, 6.45) is 0.0897. The van der Waals surface area contributed by atoms with Crippen molar-refractivity contribution >= 4 is 11.7 Å². The lowest BCUT2D eigenvalue weighted by molar-refractivity contribution is -0.140. The molecule has 0 fully saturated rings. The first-order valence-electron chi connectivity index (χ1n) is 4.82. The van der Waals surface area contributed by atoms with E-state index in [2.05, 4.69) is 10.1 Å². The summed E-state index contributed by atoms with van der Waals surface area (Å²) < 4.78 is 30.5. The van der Waals surface area contributed by atoms with E-state index >= 15 is 0 Å². The fraction of sp³-hybridized carbons (Fsp3) is 0.364. The lowest BCUT2D eigenvalue weighted by Crippen LogP contribution is -2.21. The Morgan fingerprint density at radius 2 is 2.19 bits per heavy atom. The number of hydrogen-bond acceptors (Lipinski definition) is 3. The molecule has 0 radical (unpaired) electrons. The zero-order chi connectivity index (χ0) is 12.1. The first kappa shape index (κ1) is 12.4. The Balaban J connectivity index is 2.66. The smallest absolute Gasteiger partial charge is 0.307 e. The van der Waals surface area contributed by atoms with E-state index in [9.17, 15) is 13.6 Å². The lowest BCUT2D eigenvalue weighted by Gasteiger charge is -2.14. The molecule has 0 heterocycles. The average Bonchev–Trinajstić information content (AvgIpc) is 2.24. The van der Waals surface area contributed by atoms with Gasteiger partial charge >= 0.3 is 5.97 Å². The number of rotatable bonds is 4. The Hall–Kier alpha value is -1.65. The molecule has 0 bridgehead atoms. The van der Waals surface area contributed by atoms with Gasteiger partial charge in [-0.3, -0.25) is 4.79 Å². The van der Waals surface area contributed by atoms with Crippen molar-refractivity contribution in [2.24, 2.45) is 0 Å². The number of hydrogen-bond donors (Lipinski definition) is 1. The molecular weight excluding hydrogens is 216 g/mol. The fourth-order valence-electron chi connectivity index (χ4n) is 1.27. The molecule has 1 aromatic rings. The van der Waals surface area contributed by atoms with E-state index in [1.54, 1.807) is 6.92 Å². The molecule has 1 rings (SSSR count). The minimum atomic E-state index is -0.945. The molecule has 0 aromatic heterocycles. The van der Waals surface area contributed by atoms with Crippen molar-refractivity contribution in [3.63, 3.8) is 0 Å². The van der Waals surface area contributed by atoms with Crippen molar-refractivity contribution in [2.75, 3.05) is 12.4 Å². The minimum absolute atomic E-state index is 0.0383. The molecule has 0 amide bonds.